The molecule has 0 unspecified atom stereocenters. The number of aliphatic hydroxyl groups excluding tert-OH is 1. The van der Waals surface area contributed by atoms with Crippen LogP contribution in [0.5, 0.6) is 0 Å². The number of thioether (sulfide) groups is 1. The third-order valence-electron chi connectivity index (χ3n) is 7.16. The van der Waals surface area contributed by atoms with E-state index < -0.39 is 22.2 Å². The normalized spacial score (nSPS) is 29.8. The summed E-state index contributed by atoms with van der Waals surface area (Å²) in [5.41, 5.74) is 2.49. The summed E-state index contributed by atoms with van der Waals surface area (Å²) in [6.07, 6.45) is 0.664. The zero-order valence-corrected chi connectivity index (χ0v) is 21.7. The van der Waals surface area contributed by atoms with E-state index in [1.165, 1.54) is 4.90 Å². The molecule has 0 aromatic heterocycles. The molecule has 0 spiro atoms. The number of fused-ring (bicyclic) bond motifs is 1. The highest BCUT2D eigenvalue weighted by Gasteiger charge is 2.58. The highest BCUT2D eigenvalue weighted by Crippen LogP contribution is 2.51. The van der Waals surface area contributed by atoms with Crippen LogP contribution in [0.4, 0.5) is 5.69 Å². The molecule has 3 aliphatic rings. The molecule has 1 aromatic carbocycles. The molecule has 6 atom stereocenters. The summed E-state index contributed by atoms with van der Waals surface area (Å²) in [4.78, 5) is 29.2. The van der Waals surface area contributed by atoms with Crippen molar-refractivity contribution < 1.29 is 23.1 Å². The molecule has 0 radical (unpaired) electrons. The zero-order chi connectivity index (χ0) is 25.5. The van der Waals surface area contributed by atoms with Crippen LogP contribution in [0.15, 0.2) is 34.9 Å². The summed E-state index contributed by atoms with van der Waals surface area (Å²) in [6, 6.07) is 7.76. The van der Waals surface area contributed by atoms with E-state index in [2.05, 4.69) is 21.0 Å². The van der Waals surface area contributed by atoms with Crippen molar-refractivity contribution in [2.24, 2.45) is 17.0 Å². The van der Waals surface area contributed by atoms with Gasteiger partial charge in [0.15, 0.2) is 6.29 Å². The Morgan fingerprint density at radius 2 is 2.11 bits per heavy atom. The Morgan fingerprint density at radius 1 is 1.37 bits per heavy atom. The molecular formula is C23H33N5O5S2. The van der Waals surface area contributed by atoms with Crippen LogP contribution in [0.1, 0.15) is 25.8 Å². The predicted molar refractivity (Wildman–Crippen MR) is 135 cm³/mol. The molecule has 3 aliphatic heterocycles. The number of allylic oxidation sites excluding steroid dienone is 1. The minimum Gasteiger partial charge on any atom is -0.393 e. The number of carbonyl (C=O) groups excluding carboxylic acids is 2. The number of aldehydes is 1. The van der Waals surface area contributed by atoms with E-state index in [0.717, 1.165) is 22.4 Å². The molecule has 3 heterocycles. The third-order valence-corrected chi connectivity index (χ3v) is 9.24. The molecule has 1 aromatic rings. The standard InChI is InChI=1S/C23H33N5O5S2/c1-13-21-20(14(2)30)23(31)28(21)19(12-29)22(13)34-18-8-17(9-26-35(24,32)33)27(11-18)10-15-5-4-6-16(7-15)25-3/h4-7,12-14,17-18,20-21,25-26,30H,8-11H2,1-3H3,(H2,24,32,33)/t13-,14-,17+,18+,20-,21-/m1/s1. The molecule has 192 valence electrons. The smallest absolute Gasteiger partial charge is 0.274 e. The maximum atomic E-state index is 12.6. The van der Waals surface area contributed by atoms with Crippen LogP contribution in [0.3, 0.4) is 0 Å². The molecular weight excluding hydrogens is 490 g/mol. The number of β-lactam (4-membered cyclic amide) rings is 1. The molecule has 2 saturated heterocycles. The first-order valence-electron chi connectivity index (χ1n) is 11.7. The van der Waals surface area contributed by atoms with Gasteiger partial charge < -0.3 is 15.3 Å². The number of amides is 1. The van der Waals surface area contributed by atoms with E-state index in [4.69, 9.17) is 5.14 Å². The largest absolute Gasteiger partial charge is 0.393 e. The van der Waals surface area contributed by atoms with Crippen molar-refractivity contribution in [1.29, 1.82) is 0 Å². The van der Waals surface area contributed by atoms with Crippen LogP contribution in [0, 0.1) is 11.8 Å². The van der Waals surface area contributed by atoms with Crippen molar-refractivity contribution in [3.63, 3.8) is 0 Å². The van der Waals surface area contributed by atoms with Crippen molar-refractivity contribution >= 4 is 39.9 Å². The highest BCUT2D eigenvalue weighted by molar-refractivity contribution is 8.03. The number of nitrogens with two attached hydrogens (primary N) is 1. The minimum absolute atomic E-state index is 0.0557. The molecule has 0 aliphatic carbocycles. The van der Waals surface area contributed by atoms with Crippen LogP contribution < -0.4 is 15.2 Å². The fraction of sp³-hybridized carbons (Fsp3) is 0.565. The van der Waals surface area contributed by atoms with Gasteiger partial charge in [-0.1, -0.05) is 19.1 Å². The number of nitrogens with zero attached hydrogens (tertiary/aromatic N) is 2. The van der Waals surface area contributed by atoms with Crippen LogP contribution in [-0.2, 0) is 26.3 Å². The van der Waals surface area contributed by atoms with Gasteiger partial charge in [0.1, 0.15) is 0 Å². The third kappa shape index (κ3) is 5.27. The van der Waals surface area contributed by atoms with Crippen molar-refractivity contribution in [3.8, 4) is 0 Å². The van der Waals surface area contributed by atoms with Gasteiger partial charge >= 0.3 is 0 Å². The molecule has 10 nitrogen and oxygen atoms in total. The predicted octanol–water partition coefficient (Wildman–Crippen LogP) is 0.466. The van der Waals surface area contributed by atoms with Gasteiger partial charge in [-0.3, -0.25) is 14.5 Å². The van der Waals surface area contributed by atoms with Gasteiger partial charge in [0.05, 0.1) is 23.8 Å². The second kappa shape index (κ2) is 10.2. The van der Waals surface area contributed by atoms with Crippen molar-refractivity contribution in [3.05, 3.63) is 40.4 Å². The Kier molecular flexibility index (Phi) is 7.60. The van der Waals surface area contributed by atoms with Gasteiger partial charge in [-0.15, -0.1) is 11.8 Å². The van der Waals surface area contributed by atoms with E-state index >= 15 is 0 Å². The Morgan fingerprint density at radius 3 is 2.74 bits per heavy atom. The number of likely N-dealkylation sites (tertiary alicyclic amines) is 1. The van der Waals surface area contributed by atoms with Gasteiger partial charge in [0.25, 0.3) is 10.2 Å². The van der Waals surface area contributed by atoms with Crippen molar-refractivity contribution in [1.82, 2.24) is 14.5 Å². The molecule has 0 bridgehead atoms. The van der Waals surface area contributed by atoms with E-state index in [1.54, 1.807) is 18.7 Å². The average Bonchev–Trinajstić information content (AvgIpc) is 3.27. The first-order valence-corrected chi connectivity index (χ1v) is 14.1. The van der Waals surface area contributed by atoms with Crippen molar-refractivity contribution in [2.45, 2.75) is 50.3 Å². The number of carbonyl (C=O) groups is 2. The zero-order valence-electron chi connectivity index (χ0n) is 20.0. The van der Waals surface area contributed by atoms with E-state index in [0.29, 0.717) is 25.2 Å². The number of hydrogen-bond acceptors (Lipinski definition) is 8. The summed E-state index contributed by atoms with van der Waals surface area (Å²) in [5, 5.41) is 18.5. The number of rotatable bonds is 10. The molecule has 35 heavy (non-hydrogen) atoms. The summed E-state index contributed by atoms with van der Waals surface area (Å²) in [7, 11) is -1.96. The first kappa shape index (κ1) is 26.1. The number of benzene rings is 1. The first-order chi connectivity index (χ1) is 16.5. The Labute approximate surface area is 210 Å². The summed E-state index contributed by atoms with van der Waals surface area (Å²) in [5.74, 6) is -0.758. The second-order valence-electron chi connectivity index (χ2n) is 9.52. The van der Waals surface area contributed by atoms with Gasteiger partial charge in [-0.2, -0.15) is 8.42 Å². The maximum Gasteiger partial charge on any atom is 0.274 e. The van der Waals surface area contributed by atoms with Crippen LogP contribution >= 0.6 is 11.8 Å². The number of anilines is 1. The minimum atomic E-state index is -3.82. The lowest BCUT2D eigenvalue weighted by Crippen LogP contribution is -2.63. The summed E-state index contributed by atoms with van der Waals surface area (Å²) in [6.45, 7) is 5.12. The van der Waals surface area contributed by atoms with E-state index in [-0.39, 0.29) is 35.7 Å². The molecule has 1 amide bonds. The van der Waals surface area contributed by atoms with E-state index in [9.17, 15) is 23.1 Å². The number of aliphatic hydroxyl groups is 1. The molecule has 12 heteroatoms. The molecule has 0 saturated carbocycles. The second-order valence-corrected chi connectivity index (χ2v) is 12.2. The Hall–Kier alpha value is -1.96. The Bertz CT molecular complexity index is 1130. The lowest BCUT2D eigenvalue weighted by Gasteiger charge is -2.46. The lowest BCUT2D eigenvalue weighted by molar-refractivity contribution is -0.160. The Balaban J connectivity index is 1.52. The lowest BCUT2D eigenvalue weighted by atomic mass is 9.79. The quantitative estimate of drug-likeness (QED) is 0.256. The number of nitrogens with one attached hydrogen (secondary N) is 2. The van der Waals surface area contributed by atoms with Crippen LogP contribution in [0.25, 0.3) is 0 Å². The molecule has 5 N–H and O–H groups in total. The number of hydrogen-bond donors (Lipinski definition) is 4. The molecule has 4 rings (SSSR count). The van der Waals surface area contributed by atoms with Crippen LogP contribution in [-0.4, -0.2) is 79.1 Å². The maximum absolute atomic E-state index is 12.6. The summed E-state index contributed by atoms with van der Waals surface area (Å²) >= 11 is 1.59. The topological polar surface area (TPSA) is 145 Å². The van der Waals surface area contributed by atoms with E-state index in [1.807, 2.05) is 32.2 Å². The average molecular weight is 524 g/mol. The van der Waals surface area contributed by atoms with Gasteiger partial charge in [-0.25, -0.2) is 9.86 Å². The SMILES string of the molecule is CNc1cccc(CN2C[C@@H](SC3=C(C=O)N4C(=O)[C@H]([C@@H](C)O)[C@H]4[C@H]3C)C[C@H]2CNS(N)(=O)=O)c1. The fourth-order valence-electron chi connectivity index (χ4n) is 5.51. The van der Waals surface area contributed by atoms with Gasteiger partial charge in [0.2, 0.25) is 5.91 Å². The van der Waals surface area contributed by atoms with Gasteiger partial charge in [0, 0.05) is 54.5 Å². The van der Waals surface area contributed by atoms with Crippen LogP contribution in [0.2, 0.25) is 0 Å². The van der Waals surface area contributed by atoms with Crippen molar-refractivity contribution in [2.75, 3.05) is 25.5 Å². The monoisotopic (exact) mass is 523 g/mol. The van der Waals surface area contributed by atoms with Gasteiger partial charge in [-0.05, 0) is 31.0 Å². The fourth-order valence-corrected chi connectivity index (χ4v) is 7.50. The molecule has 2 fully saturated rings. The highest BCUT2D eigenvalue weighted by atomic mass is 32.2. The summed E-state index contributed by atoms with van der Waals surface area (Å²) < 4.78 is 25.5.